The van der Waals surface area contributed by atoms with Gasteiger partial charge in [0.1, 0.15) is 5.69 Å². The highest BCUT2D eigenvalue weighted by Gasteiger charge is 2.10. The van der Waals surface area contributed by atoms with Gasteiger partial charge in [-0.1, -0.05) is 11.2 Å². The summed E-state index contributed by atoms with van der Waals surface area (Å²) >= 11 is 0. The molecule has 0 radical (unpaired) electrons. The van der Waals surface area contributed by atoms with E-state index < -0.39 is 17.6 Å². The molecule has 5 nitrogen and oxygen atoms in total. The molecule has 7 heteroatoms. The first kappa shape index (κ1) is 12.9. The summed E-state index contributed by atoms with van der Waals surface area (Å²) < 4.78 is 27.0. The molecule has 0 saturated heterocycles. The van der Waals surface area contributed by atoms with Crippen LogP contribution in [0, 0.1) is 11.6 Å². The summed E-state index contributed by atoms with van der Waals surface area (Å²) in [6.45, 7) is 0. The number of benzene rings is 1. The van der Waals surface area contributed by atoms with Crippen molar-refractivity contribution in [1.82, 2.24) is 9.55 Å². The Bertz CT molecular complexity index is 638. The van der Waals surface area contributed by atoms with Crippen molar-refractivity contribution >= 4 is 12.2 Å². The van der Waals surface area contributed by atoms with Gasteiger partial charge in [-0.25, -0.2) is 18.6 Å². The minimum atomic E-state index is -0.998. The molecule has 0 aliphatic heterocycles. The second-order valence-electron chi connectivity index (χ2n) is 3.68. The number of imidazole rings is 1. The van der Waals surface area contributed by atoms with Crippen LogP contribution in [0.25, 0.3) is 0 Å². The number of aromatic nitrogens is 2. The molecule has 0 fully saturated rings. The predicted octanol–water partition coefficient (Wildman–Crippen LogP) is 1.89. The van der Waals surface area contributed by atoms with Gasteiger partial charge in [-0.2, -0.15) is 0 Å². The van der Waals surface area contributed by atoms with Crippen molar-refractivity contribution < 1.29 is 18.4 Å². The lowest BCUT2D eigenvalue weighted by molar-refractivity contribution is 0.0508. The number of nitrogens with zero attached hydrogens (tertiary/aromatic N) is 3. The number of carbonyl (C=O) groups excluding carboxylic acids is 1. The predicted molar refractivity (Wildman–Crippen MR) is 62.6 cm³/mol. The average Bonchev–Trinajstić information content (AvgIpc) is 2.80. The number of hydrogen-bond donors (Lipinski definition) is 0. The molecule has 0 saturated carbocycles. The fraction of sp³-hybridized carbons (Fsp3) is 0.0833. The summed E-state index contributed by atoms with van der Waals surface area (Å²) in [5.74, 6) is -2.65. The Balaban J connectivity index is 2.02. The Kier molecular flexibility index (Phi) is 3.65. The van der Waals surface area contributed by atoms with Gasteiger partial charge in [0, 0.05) is 7.05 Å². The van der Waals surface area contributed by atoms with E-state index in [0.717, 1.165) is 18.3 Å². The van der Waals surface area contributed by atoms with Crippen LogP contribution in [0.3, 0.4) is 0 Å². The van der Waals surface area contributed by atoms with E-state index in [1.807, 2.05) is 0 Å². The molecule has 1 heterocycles. The van der Waals surface area contributed by atoms with Gasteiger partial charge in [0.25, 0.3) is 0 Å². The van der Waals surface area contributed by atoms with Crippen LogP contribution < -0.4 is 0 Å². The maximum atomic E-state index is 12.9. The van der Waals surface area contributed by atoms with Crippen molar-refractivity contribution in [2.75, 3.05) is 0 Å². The van der Waals surface area contributed by atoms with Gasteiger partial charge in [0.2, 0.25) is 0 Å². The fourth-order valence-corrected chi connectivity index (χ4v) is 1.33. The molecule has 2 rings (SSSR count). The molecule has 0 amide bonds. The molecule has 1 aromatic heterocycles. The zero-order chi connectivity index (χ0) is 13.8. The standard InChI is InChI=1S/C12H9F2N3O2/c1-17-7-15-6-11(17)12(18)19-16-5-8-2-3-9(13)10(14)4-8/h2-7H,1H3. The Morgan fingerprint density at radius 3 is 2.84 bits per heavy atom. The van der Waals surface area contributed by atoms with Crippen molar-refractivity contribution in [2.45, 2.75) is 0 Å². The lowest BCUT2D eigenvalue weighted by atomic mass is 10.2. The van der Waals surface area contributed by atoms with E-state index in [-0.39, 0.29) is 11.3 Å². The highest BCUT2D eigenvalue weighted by Crippen LogP contribution is 2.07. The van der Waals surface area contributed by atoms with Crippen molar-refractivity contribution in [3.63, 3.8) is 0 Å². The first-order chi connectivity index (χ1) is 9.08. The van der Waals surface area contributed by atoms with Crippen LogP contribution in [0.15, 0.2) is 35.9 Å². The van der Waals surface area contributed by atoms with Gasteiger partial charge in [0.15, 0.2) is 11.6 Å². The molecule has 0 aliphatic carbocycles. The van der Waals surface area contributed by atoms with Crippen LogP contribution >= 0.6 is 0 Å². The Labute approximate surface area is 107 Å². The molecule has 2 aromatic rings. The van der Waals surface area contributed by atoms with Crippen LogP contribution in [0.5, 0.6) is 0 Å². The van der Waals surface area contributed by atoms with E-state index in [9.17, 15) is 13.6 Å². The van der Waals surface area contributed by atoms with Crippen molar-refractivity contribution in [3.05, 3.63) is 53.6 Å². The zero-order valence-corrected chi connectivity index (χ0v) is 9.88. The molecule has 19 heavy (non-hydrogen) atoms. The molecule has 98 valence electrons. The van der Waals surface area contributed by atoms with Crippen LogP contribution in [0.1, 0.15) is 16.1 Å². The highest BCUT2D eigenvalue weighted by molar-refractivity contribution is 5.88. The van der Waals surface area contributed by atoms with Crippen LogP contribution in [0.4, 0.5) is 8.78 Å². The summed E-state index contributed by atoms with van der Waals surface area (Å²) in [5.41, 5.74) is 0.499. The number of halogens is 2. The van der Waals surface area contributed by atoms with E-state index in [0.29, 0.717) is 0 Å². The van der Waals surface area contributed by atoms with E-state index in [1.165, 1.54) is 23.2 Å². The van der Waals surface area contributed by atoms with Gasteiger partial charge >= 0.3 is 5.97 Å². The zero-order valence-electron chi connectivity index (χ0n) is 9.88. The third-order valence-electron chi connectivity index (χ3n) is 2.31. The van der Waals surface area contributed by atoms with E-state index in [1.54, 1.807) is 7.05 Å². The molecule has 0 aliphatic rings. The monoisotopic (exact) mass is 265 g/mol. The minimum Gasteiger partial charge on any atom is -0.328 e. The normalized spacial score (nSPS) is 10.9. The largest absolute Gasteiger partial charge is 0.383 e. The van der Waals surface area contributed by atoms with Crippen LogP contribution in [-0.2, 0) is 11.9 Å². The maximum absolute atomic E-state index is 12.9. The second kappa shape index (κ2) is 5.38. The maximum Gasteiger partial charge on any atom is 0.383 e. The molecule has 0 N–H and O–H groups in total. The quantitative estimate of drug-likeness (QED) is 0.484. The second-order valence-corrected chi connectivity index (χ2v) is 3.68. The highest BCUT2D eigenvalue weighted by atomic mass is 19.2. The molecular formula is C12H9F2N3O2. The molecule has 0 unspecified atom stereocenters. The van der Waals surface area contributed by atoms with Crippen LogP contribution in [-0.4, -0.2) is 21.7 Å². The summed E-state index contributed by atoms with van der Waals surface area (Å²) in [4.78, 5) is 19.9. The smallest absolute Gasteiger partial charge is 0.328 e. The Hall–Kier alpha value is -2.57. The van der Waals surface area contributed by atoms with Crippen molar-refractivity contribution in [2.24, 2.45) is 12.2 Å². The van der Waals surface area contributed by atoms with Crippen LogP contribution in [0.2, 0.25) is 0 Å². The molecule has 0 bridgehead atoms. The SMILES string of the molecule is Cn1cncc1C(=O)ON=Cc1ccc(F)c(F)c1. The average molecular weight is 265 g/mol. The third kappa shape index (κ3) is 3.01. The first-order valence-corrected chi connectivity index (χ1v) is 5.24. The summed E-state index contributed by atoms with van der Waals surface area (Å²) in [5, 5.41) is 3.40. The number of aryl methyl sites for hydroxylation is 1. The van der Waals surface area contributed by atoms with E-state index in [4.69, 9.17) is 0 Å². The molecular weight excluding hydrogens is 256 g/mol. The number of oxime groups is 1. The Morgan fingerprint density at radius 1 is 1.42 bits per heavy atom. The summed E-state index contributed by atoms with van der Waals surface area (Å²) in [6.07, 6.45) is 3.88. The van der Waals surface area contributed by atoms with E-state index in [2.05, 4.69) is 15.0 Å². The van der Waals surface area contributed by atoms with Gasteiger partial charge < -0.3 is 9.40 Å². The number of hydrogen-bond acceptors (Lipinski definition) is 4. The van der Waals surface area contributed by atoms with Gasteiger partial charge in [0.05, 0.1) is 18.7 Å². The van der Waals surface area contributed by atoms with Crippen molar-refractivity contribution in [1.29, 1.82) is 0 Å². The van der Waals surface area contributed by atoms with Gasteiger partial charge in [-0.15, -0.1) is 0 Å². The summed E-state index contributed by atoms with van der Waals surface area (Å²) in [7, 11) is 1.63. The fourth-order valence-electron chi connectivity index (χ4n) is 1.33. The van der Waals surface area contributed by atoms with E-state index >= 15 is 0 Å². The Morgan fingerprint density at radius 2 is 2.21 bits per heavy atom. The molecule has 1 aromatic carbocycles. The minimum absolute atomic E-state index is 0.224. The number of rotatable bonds is 3. The van der Waals surface area contributed by atoms with Gasteiger partial charge in [-0.3, -0.25) is 0 Å². The lowest BCUT2D eigenvalue weighted by Gasteiger charge is -1.98. The van der Waals surface area contributed by atoms with Gasteiger partial charge in [-0.05, 0) is 17.7 Å². The third-order valence-corrected chi connectivity index (χ3v) is 2.31. The number of carbonyl (C=O) groups is 1. The summed E-state index contributed by atoms with van der Waals surface area (Å²) in [6, 6.07) is 3.20. The molecule has 0 spiro atoms. The first-order valence-electron chi connectivity index (χ1n) is 5.24. The topological polar surface area (TPSA) is 56.5 Å². The molecule has 0 atom stereocenters. The lowest BCUT2D eigenvalue weighted by Crippen LogP contribution is -2.06. The van der Waals surface area contributed by atoms with Crippen molar-refractivity contribution in [3.8, 4) is 0 Å².